The summed E-state index contributed by atoms with van der Waals surface area (Å²) in [5.74, 6) is 1.48. The molecule has 0 spiro atoms. The summed E-state index contributed by atoms with van der Waals surface area (Å²) in [4.78, 5) is 1.53. The van der Waals surface area contributed by atoms with Crippen LogP contribution in [0.4, 0.5) is 0 Å². The van der Waals surface area contributed by atoms with E-state index in [1.165, 1.54) is 59.7 Å². The minimum atomic E-state index is 0.572. The van der Waals surface area contributed by atoms with Crippen molar-refractivity contribution in [2.24, 2.45) is 5.92 Å². The van der Waals surface area contributed by atoms with Gasteiger partial charge < -0.3 is 0 Å². The SMILES string of the molecule is c1csc(C(CC2CCCCC2)c2ccc3ccccc3c2)c1. The van der Waals surface area contributed by atoms with E-state index in [2.05, 4.69) is 60.0 Å². The van der Waals surface area contributed by atoms with Crippen molar-refractivity contribution in [3.8, 4) is 0 Å². The minimum absolute atomic E-state index is 0.572. The van der Waals surface area contributed by atoms with E-state index >= 15 is 0 Å². The Labute approximate surface area is 143 Å². The molecular formula is C22H24S. The fourth-order valence-corrected chi connectivity index (χ4v) is 4.95. The van der Waals surface area contributed by atoms with Gasteiger partial charge in [0.25, 0.3) is 0 Å². The highest BCUT2D eigenvalue weighted by atomic mass is 32.1. The third-order valence-corrected chi connectivity index (χ3v) is 6.34. The van der Waals surface area contributed by atoms with E-state index < -0.39 is 0 Å². The first-order valence-corrected chi connectivity index (χ1v) is 9.80. The number of rotatable bonds is 4. The largest absolute Gasteiger partial charge is 0.148 e. The highest BCUT2D eigenvalue weighted by Gasteiger charge is 2.22. The van der Waals surface area contributed by atoms with Crippen LogP contribution in [0.15, 0.2) is 60.0 Å². The average Bonchev–Trinajstić information content (AvgIpc) is 3.14. The summed E-state index contributed by atoms with van der Waals surface area (Å²) in [6.45, 7) is 0. The van der Waals surface area contributed by atoms with Gasteiger partial charge in [0.1, 0.15) is 0 Å². The van der Waals surface area contributed by atoms with E-state index in [9.17, 15) is 0 Å². The van der Waals surface area contributed by atoms with E-state index in [0.717, 1.165) is 5.92 Å². The molecule has 1 fully saturated rings. The van der Waals surface area contributed by atoms with Gasteiger partial charge >= 0.3 is 0 Å². The Kier molecular flexibility index (Phi) is 4.48. The smallest absolute Gasteiger partial charge is 0.0186 e. The molecule has 1 atom stereocenters. The monoisotopic (exact) mass is 320 g/mol. The van der Waals surface area contributed by atoms with Crippen molar-refractivity contribution >= 4 is 22.1 Å². The first-order chi connectivity index (χ1) is 11.4. The molecule has 2 aromatic carbocycles. The number of benzene rings is 2. The maximum absolute atomic E-state index is 2.42. The molecule has 1 heterocycles. The van der Waals surface area contributed by atoms with Crippen LogP contribution >= 0.6 is 11.3 Å². The second-order valence-corrected chi connectivity index (χ2v) is 7.89. The van der Waals surface area contributed by atoms with Crippen LogP contribution in [0.3, 0.4) is 0 Å². The summed E-state index contributed by atoms with van der Waals surface area (Å²) in [6, 6.07) is 20.3. The summed E-state index contributed by atoms with van der Waals surface area (Å²) in [5, 5.41) is 4.94. The van der Waals surface area contributed by atoms with E-state index in [1.807, 2.05) is 11.3 Å². The van der Waals surface area contributed by atoms with Crippen LogP contribution < -0.4 is 0 Å². The maximum Gasteiger partial charge on any atom is 0.0186 e. The maximum atomic E-state index is 2.42. The second-order valence-electron chi connectivity index (χ2n) is 6.91. The van der Waals surface area contributed by atoms with Gasteiger partial charge in [0, 0.05) is 10.8 Å². The third-order valence-electron chi connectivity index (χ3n) is 5.36. The zero-order chi connectivity index (χ0) is 15.5. The predicted octanol–water partition coefficient (Wildman–Crippen LogP) is 7.00. The first-order valence-electron chi connectivity index (χ1n) is 8.92. The van der Waals surface area contributed by atoms with Gasteiger partial charge in [0.05, 0.1) is 0 Å². The summed E-state index contributed by atoms with van der Waals surface area (Å²) in [6.07, 6.45) is 8.47. The van der Waals surface area contributed by atoms with Crippen LogP contribution in [0.1, 0.15) is 54.9 Å². The molecule has 0 radical (unpaired) electrons. The fourth-order valence-electron chi connectivity index (χ4n) is 4.09. The van der Waals surface area contributed by atoms with E-state index in [-0.39, 0.29) is 0 Å². The first kappa shape index (κ1) is 15.0. The van der Waals surface area contributed by atoms with E-state index in [4.69, 9.17) is 0 Å². The topological polar surface area (TPSA) is 0 Å². The number of hydrogen-bond acceptors (Lipinski definition) is 1. The van der Waals surface area contributed by atoms with Crippen LogP contribution in [-0.2, 0) is 0 Å². The van der Waals surface area contributed by atoms with Gasteiger partial charge in [0.15, 0.2) is 0 Å². The molecule has 0 bridgehead atoms. The van der Waals surface area contributed by atoms with Gasteiger partial charge in [-0.2, -0.15) is 0 Å². The molecule has 1 aliphatic carbocycles. The molecule has 1 aromatic heterocycles. The predicted molar refractivity (Wildman–Crippen MR) is 101 cm³/mol. The highest BCUT2D eigenvalue weighted by Crippen LogP contribution is 2.39. The normalized spacial score (nSPS) is 17.4. The standard InChI is InChI=1S/C22H24S/c1-2-7-17(8-3-1)15-21(22-11-6-14-23-22)20-13-12-18-9-4-5-10-19(18)16-20/h4-6,9-14,16-17,21H,1-3,7-8,15H2. The van der Waals surface area contributed by atoms with Gasteiger partial charge in [-0.1, -0.05) is 80.6 Å². The Balaban J connectivity index is 1.68. The van der Waals surface area contributed by atoms with Crippen molar-refractivity contribution in [1.29, 1.82) is 0 Å². The summed E-state index contributed by atoms with van der Waals surface area (Å²) in [7, 11) is 0. The van der Waals surface area contributed by atoms with Gasteiger partial charge in [0.2, 0.25) is 0 Å². The highest BCUT2D eigenvalue weighted by molar-refractivity contribution is 7.10. The molecule has 118 valence electrons. The number of thiophene rings is 1. The molecule has 0 nitrogen and oxygen atoms in total. The van der Waals surface area contributed by atoms with Gasteiger partial charge in [-0.15, -0.1) is 11.3 Å². The Morgan fingerprint density at radius 3 is 2.48 bits per heavy atom. The van der Waals surface area contributed by atoms with Crippen molar-refractivity contribution in [3.63, 3.8) is 0 Å². The lowest BCUT2D eigenvalue weighted by molar-refractivity contribution is 0.328. The lowest BCUT2D eigenvalue weighted by Gasteiger charge is -2.26. The van der Waals surface area contributed by atoms with Crippen molar-refractivity contribution in [2.45, 2.75) is 44.4 Å². The number of hydrogen-bond donors (Lipinski definition) is 0. The second kappa shape index (κ2) is 6.88. The molecule has 0 amide bonds. The number of fused-ring (bicyclic) bond motifs is 1. The Hall–Kier alpha value is -1.60. The molecule has 1 saturated carbocycles. The molecule has 1 heteroatoms. The van der Waals surface area contributed by atoms with Crippen molar-refractivity contribution in [3.05, 3.63) is 70.4 Å². The molecule has 4 rings (SSSR count). The molecule has 0 aliphatic heterocycles. The summed E-state index contributed by atoms with van der Waals surface area (Å²) >= 11 is 1.92. The molecule has 3 aromatic rings. The van der Waals surface area contributed by atoms with E-state index in [1.54, 1.807) is 0 Å². The lowest BCUT2D eigenvalue weighted by atomic mass is 9.80. The van der Waals surface area contributed by atoms with Crippen LogP contribution in [-0.4, -0.2) is 0 Å². The fraction of sp³-hybridized carbons (Fsp3) is 0.364. The zero-order valence-corrected chi connectivity index (χ0v) is 14.4. The Morgan fingerprint density at radius 1 is 0.870 bits per heavy atom. The average molecular weight is 321 g/mol. The molecule has 1 aliphatic rings. The summed E-state index contributed by atoms with van der Waals surface area (Å²) in [5.41, 5.74) is 1.50. The molecule has 0 N–H and O–H groups in total. The van der Waals surface area contributed by atoms with E-state index in [0.29, 0.717) is 5.92 Å². The Bertz CT molecular complexity index is 751. The van der Waals surface area contributed by atoms with Crippen LogP contribution in [0.25, 0.3) is 10.8 Å². The molecule has 0 saturated heterocycles. The van der Waals surface area contributed by atoms with Crippen LogP contribution in [0.5, 0.6) is 0 Å². The molecular weight excluding hydrogens is 296 g/mol. The van der Waals surface area contributed by atoms with Gasteiger partial charge in [-0.05, 0) is 40.1 Å². The quantitative estimate of drug-likeness (QED) is 0.485. The minimum Gasteiger partial charge on any atom is -0.148 e. The van der Waals surface area contributed by atoms with Gasteiger partial charge in [-0.25, -0.2) is 0 Å². The third kappa shape index (κ3) is 3.35. The Morgan fingerprint density at radius 2 is 1.70 bits per heavy atom. The van der Waals surface area contributed by atoms with Gasteiger partial charge in [-0.3, -0.25) is 0 Å². The lowest BCUT2D eigenvalue weighted by Crippen LogP contribution is -2.11. The van der Waals surface area contributed by atoms with Crippen molar-refractivity contribution in [1.82, 2.24) is 0 Å². The zero-order valence-electron chi connectivity index (χ0n) is 13.6. The van der Waals surface area contributed by atoms with Crippen LogP contribution in [0, 0.1) is 5.92 Å². The van der Waals surface area contributed by atoms with Crippen molar-refractivity contribution < 1.29 is 0 Å². The van der Waals surface area contributed by atoms with Crippen molar-refractivity contribution in [2.75, 3.05) is 0 Å². The summed E-state index contributed by atoms with van der Waals surface area (Å²) < 4.78 is 0. The molecule has 1 unspecified atom stereocenters. The van der Waals surface area contributed by atoms with Crippen LogP contribution in [0.2, 0.25) is 0 Å². The molecule has 23 heavy (non-hydrogen) atoms.